The first-order valence-electron chi connectivity index (χ1n) is 5.72. The third-order valence-electron chi connectivity index (χ3n) is 2.59. The first-order chi connectivity index (χ1) is 9.40. The Morgan fingerprint density at radius 1 is 1.20 bits per heavy atom. The zero-order valence-electron chi connectivity index (χ0n) is 10.5. The van der Waals surface area contributed by atoms with Crippen LogP contribution in [0.3, 0.4) is 0 Å². The van der Waals surface area contributed by atoms with Crippen LogP contribution in [0.1, 0.15) is 16.8 Å². The van der Waals surface area contributed by atoms with E-state index in [-0.39, 0.29) is 11.4 Å². The summed E-state index contributed by atoms with van der Waals surface area (Å²) in [4.78, 5) is 3.48. The van der Waals surface area contributed by atoms with Gasteiger partial charge >= 0.3 is 6.18 Å². The fraction of sp³-hybridized carbons (Fsp3) is 0.143. The summed E-state index contributed by atoms with van der Waals surface area (Å²) in [5.74, 6) is -0.104. The van der Waals surface area contributed by atoms with Crippen molar-refractivity contribution < 1.29 is 13.2 Å². The Bertz CT molecular complexity index is 672. The minimum atomic E-state index is -4.54. The lowest BCUT2D eigenvalue weighted by atomic mass is 10.2. The molecule has 102 valence electrons. The number of aryl methyl sites for hydroxylation is 1. The second-order valence-electron chi connectivity index (χ2n) is 4.20. The summed E-state index contributed by atoms with van der Waals surface area (Å²) in [5.41, 5.74) is 0.542. The van der Waals surface area contributed by atoms with Crippen molar-refractivity contribution in [3.8, 4) is 6.07 Å². The van der Waals surface area contributed by atoms with Crippen LogP contribution < -0.4 is 5.32 Å². The zero-order chi connectivity index (χ0) is 14.8. The summed E-state index contributed by atoms with van der Waals surface area (Å²) < 4.78 is 37.9. The molecule has 0 spiro atoms. The van der Waals surface area contributed by atoms with E-state index in [2.05, 4.69) is 10.3 Å². The number of nitriles is 1. The Hall–Kier alpha value is -2.55. The summed E-state index contributed by atoms with van der Waals surface area (Å²) in [5, 5.41) is 11.7. The molecule has 2 aromatic rings. The first kappa shape index (κ1) is 13.9. The largest absolute Gasteiger partial charge is 0.433 e. The molecule has 0 amide bonds. The molecule has 0 unspecified atom stereocenters. The van der Waals surface area contributed by atoms with Crippen molar-refractivity contribution in [2.45, 2.75) is 13.1 Å². The Morgan fingerprint density at radius 2 is 1.95 bits per heavy atom. The van der Waals surface area contributed by atoms with E-state index in [0.717, 1.165) is 17.7 Å². The van der Waals surface area contributed by atoms with Gasteiger partial charge in [0.05, 0.1) is 5.56 Å². The van der Waals surface area contributed by atoms with Gasteiger partial charge in [-0.1, -0.05) is 12.1 Å². The van der Waals surface area contributed by atoms with Gasteiger partial charge < -0.3 is 5.32 Å². The lowest BCUT2D eigenvalue weighted by molar-refractivity contribution is -0.141. The maximum Gasteiger partial charge on any atom is 0.433 e. The highest BCUT2D eigenvalue weighted by atomic mass is 19.4. The Labute approximate surface area is 113 Å². The summed E-state index contributed by atoms with van der Waals surface area (Å²) in [6.07, 6.45) is -4.54. The molecule has 1 aromatic heterocycles. The third-order valence-corrected chi connectivity index (χ3v) is 2.59. The van der Waals surface area contributed by atoms with Crippen LogP contribution in [0.15, 0.2) is 36.4 Å². The SMILES string of the molecule is Cc1cccc(Nc2nc(C(F)(F)F)ccc2C#N)c1. The van der Waals surface area contributed by atoms with E-state index in [0.29, 0.717) is 5.69 Å². The van der Waals surface area contributed by atoms with E-state index >= 15 is 0 Å². The smallest absolute Gasteiger partial charge is 0.339 e. The maximum atomic E-state index is 12.6. The second-order valence-corrected chi connectivity index (χ2v) is 4.20. The quantitative estimate of drug-likeness (QED) is 0.901. The Kier molecular flexibility index (Phi) is 3.61. The molecule has 0 atom stereocenters. The number of halogens is 3. The van der Waals surface area contributed by atoms with Crippen LogP contribution in [0.2, 0.25) is 0 Å². The van der Waals surface area contributed by atoms with Crippen LogP contribution in [0.4, 0.5) is 24.7 Å². The highest BCUT2D eigenvalue weighted by molar-refractivity contribution is 5.63. The summed E-state index contributed by atoms with van der Waals surface area (Å²) in [6, 6.07) is 10.8. The van der Waals surface area contributed by atoms with Crippen molar-refractivity contribution in [1.29, 1.82) is 5.26 Å². The van der Waals surface area contributed by atoms with E-state index in [1.165, 1.54) is 0 Å². The molecule has 2 rings (SSSR count). The van der Waals surface area contributed by atoms with Gasteiger partial charge in [0.1, 0.15) is 17.6 Å². The second kappa shape index (κ2) is 5.21. The predicted octanol–water partition coefficient (Wildman–Crippen LogP) is 4.02. The molecular formula is C14H10F3N3. The highest BCUT2D eigenvalue weighted by Gasteiger charge is 2.33. The van der Waals surface area contributed by atoms with Crippen LogP contribution in [-0.4, -0.2) is 4.98 Å². The van der Waals surface area contributed by atoms with Gasteiger partial charge in [-0.25, -0.2) is 4.98 Å². The molecule has 20 heavy (non-hydrogen) atoms. The van der Waals surface area contributed by atoms with Crippen LogP contribution in [0, 0.1) is 18.3 Å². The molecule has 0 bridgehead atoms. The fourth-order valence-corrected chi connectivity index (χ4v) is 1.66. The van der Waals surface area contributed by atoms with Crippen molar-refractivity contribution >= 4 is 11.5 Å². The van der Waals surface area contributed by atoms with Crippen LogP contribution >= 0.6 is 0 Å². The molecule has 6 heteroatoms. The molecule has 1 N–H and O–H groups in total. The molecule has 0 aliphatic carbocycles. The number of nitrogens with zero attached hydrogens (tertiary/aromatic N) is 2. The number of pyridine rings is 1. The molecule has 1 heterocycles. The molecule has 3 nitrogen and oxygen atoms in total. The molecule has 1 aromatic carbocycles. The minimum Gasteiger partial charge on any atom is -0.339 e. The minimum absolute atomic E-state index is 0.0551. The fourth-order valence-electron chi connectivity index (χ4n) is 1.66. The highest BCUT2D eigenvalue weighted by Crippen LogP contribution is 2.30. The van der Waals surface area contributed by atoms with Gasteiger partial charge in [-0.2, -0.15) is 18.4 Å². The van der Waals surface area contributed by atoms with Gasteiger partial charge in [-0.05, 0) is 36.8 Å². The van der Waals surface area contributed by atoms with Crippen LogP contribution in [0.25, 0.3) is 0 Å². The van der Waals surface area contributed by atoms with Crippen molar-refractivity contribution in [2.24, 2.45) is 0 Å². The lowest BCUT2D eigenvalue weighted by Crippen LogP contribution is -2.10. The first-order valence-corrected chi connectivity index (χ1v) is 5.72. The predicted molar refractivity (Wildman–Crippen MR) is 68.4 cm³/mol. The van der Waals surface area contributed by atoms with E-state index in [9.17, 15) is 13.2 Å². The molecule has 0 aliphatic rings. The summed E-state index contributed by atoms with van der Waals surface area (Å²) in [7, 11) is 0. The average molecular weight is 277 g/mol. The molecule has 0 fully saturated rings. The van der Waals surface area contributed by atoms with Gasteiger partial charge in [0.2, 0.25) is 0 Å². The van der Waals surface area contributed by atoms with Gasteiger partial charge in [0.25, 0.3) is 0 Å². The molecule has 0 aliphatic heterocycles. The van der Waals surface area contributed by atoms with Crippen LogP contribution in [-0.2, 0) is 6.18 Å². The van der Waals surface area contributed by atoms with E-state index in [1.807, 2.05) is 19.1 Å². The normalized spacial score (nSPS) is 10.9. The zero-order valence-corrected chi connectivity index (χ0v) is 10.5. The lowest BCUT2D eigenvalue weighted by Gasteiger charge is -2.11. The number of anilines is 2. The average Bonchev–Trinajstić information content (AvgIpc) is 2.37. The maximum absolute atomic E-state index is 12.6. The van der Waals surface area contributed by atoms with Crippen molar-refractivity contribution in [1.82, 2.24) is 4.98 Å². The Balaban J connectivity index is 2.42. The number of hydrogen-bond acceptors (Lipinski definition) is 3. The third kappa shape index (κ3) is 3.06. The molecule has 0 radical (unpaired) electrons. The van der Waals surface area contributed by atoms with Gasteiger partial charge in [-0.15, -0.1) is 0 Å². The van der Waals surface area contributed by atoms with Gasteiger partial charge in [0, 0.05) is 5.69 Å². The summed E-state index contributed by atoms with van der Waals surface area (Å²) >= 11 is 0. The van der Waals surface area contributed by atoms with Gasteiger partial charge in [0.15, 0.2) is 0 Å². The number of hydrogen-bond donors (Lipinski definition) is 1. The molecular weight excluding hydrogens is 267 g/mol. The van der Waals surface area contributed by atoms with Crippen molar-refractivity contribution in [3.05, 3.63) is 53.2 Å². The molecule has 0 saturated carbocycles. The number of aromatic nitrogens is 1. The number of benzene rings is 1. The van der Waals surface area contributed by atoms with Crippen molar-refractivity contribution in [2.75, 3.05) is 5.32 Å². The van der Waals surface area contributed by atoms with Gasteiger partial charge in [-0.3, -0.25) is 0 Å². The Morgan fingerprint density at radius 3 is 2.55 bits per heavy atom. The summed E-state index contributed by atoms with van der Waals surface area (Å²) in [6.45, 7) is 1.86. The topological polar surface area (TPSA) is 48.7 Å². The van der Waals surface area contributed by atoms with E-state index < -0.39 is 11.9 Å². The van der Waals surface area contributed by atoms with Crippen LogP contribution in [0.5, 0.6) is 0 Å². The van der Waals surface area contributed by atoms with Crippen molar-refractivity contribution in [3.63, 3.8) is 0 Å². The number of nitrogens with one attached hydrogen (secondary N) is 1. The molecule has 0 saturated heterocycles. The monoisotopic (exact) mass is 277 g/mol. The van der Waals surface area contributed by atoms with E-state index in [1.54, 1.807) is 18.2 Å². The standard InChI is InChI=1S/C14H10F3N3/c1-9-3-2-4-11(7-9)19-13-10(8-18)5-6-12(20-13)14(15,16)17/h2-7H,1H3,(H,19,20). The number of alkyl halides is 3. The van der Waals surface area contributed by atoms with E-state index in [4.69, 9.17) is 5.26 Å². The number of rotatable bonds is 2.